The van der Waals surface area contributed by atoms with Crippen LogP contribution in [-0.4, -0.2) is 41.7 Å². The number of rotatable bonds is 2. The molecule has 1 fully saturated rings. The average molecular weight is 244 g/mol. The van der Waals surface area contributed by atoms with E-state index < -0.39 is 5.41 Å². The molecule has 1 amide bonds. The molecule has 1 aromatic rings. The molecular weight excluding hydrogens is 228 g/mol. The van der Waals surface area contributed by atoms with Gasteiger partial charge in [-0.3, -0.25) is 9.78 Å². The number of carbonyl (C=O) groups excluding carboxylic acids is 1. The van der Waals surface area contributed by atoms with Gasteiger partial charge in [0.2, 0.25) is 0 Å². The molecule has 18 heavy (non-hydrogen) atoms. The summed E-state index contributed by atoms with van der Waals surface area (Å²) in [6, 6.07) is 5.81. The first kappa shape index (κ1) is 11.3. The van der Waals surface area contributed by atoms with E-state index in [1.807, 2.05) is 18.2 Å². The van der Waals surface area contributed by atoms with Crippen LogP contribution in [0.3, 0.4) is 0 Å². The summed E-state index contributed by atoms with van der Waals surface area (Å²) in [5.74, 6) is 0.0790. The number of hydrazone groups is 1. The van der Waals surface area contributed by atoms with Crippen molar-refractivity contribution in [2.24, 2.45) is 10.5 Å². The Morgan fingerprint density at radius 3 is 3.17 bits per heavy atom. The number of carbonyl (C=O) groups is 1. The number of piperidine rings is 1. The van der Waals surface area contributed by atoms with Crippen molar-refractivity contribution in [3.05, 3.63) is 30.1 Å². The summed E-state index contributed by atoms with van der Waals surface area (Å²) in [6.07, 6.45) is 3.23. The normalized spacial score (nSPS) is 27.1. The minimum atomic E-state index is -0.513. The highest BCUT2D eigenvalue weighted by Gasteiger charge is 2.50. The maximum atomic E-state index is 12.4. The Morgan fingerprint density at radius 1 is 1.50 bits per heavy atom. The number of hydrogen-bond donors (Lipinski definition) is 1. The SMILES string of the molecule is CN1N=C2CCNC[C@@]2(Cc2ccccn2)C1=O. The van der Waals surface area contributed by atoms with Gasteiger partial charge in [-0.2, -0.15) is 5.10 Å². The molecular formula is C13H16N4O. The van der Waals surface area contributed by atoms with Crippen LogP contribution in [0.25, 0.3) is 0 Å². The fourth-order valence-corrected chi connectivity index (χ4v) is 2.78. The summed E-state index contributed by atoms with van der Waals surface area (Å²) in [7, 11) is 1.73. The number of fused-ring (bicyclic) bond motifs is 1. The molecule has 3 heterocycles. The smallest absolute Gasteiger partial charge is 0.256 e. The maximum Gasteiger partial charge on any atom is 0.256 e. The van der Waals surface area contributed by atoms with Crippen molar-refractivity contribution in [3.63, 3.8) is 0 Å². The van der Waals surface area contributed by atoms with Crippen LogP contribution in [0.1, 0.15) is 12.1 Å². The van der Waals surface area contributed by atoms with Crippen LogP contribution in [0.2, 0.25) is 0 Å². The van der Waals surface area contributed by atoms with E-state index in [-0.39, 0.29) is 5.91 Å². The van der Waals surface area contributed by atoms with Gasteiger partial charge < -0.3 is 5.32 Å². The minimum absolute atomic E-state index is 0.0790. The second-order valence-corrected chi connectivity index (χ2v) is 4.88. The highest BCUT2D eigenvalue weighted by atomic mass is 16.2. The molecule has 0 spiro atoms. The topological polar surface area (TPSA) is 57.6 Å². The molecule has 5 nitrogen and oxygen atoms in total. The molecule has 0 radical (unpaired) electrons. The van der Waals surface area contributed by atoms with Gasteiger partial charge in [0.1, 0.15) is 5.41 Å². The summed E-state index contributed by atoms with van der Waals surface area (Å²) in [5.41, 5.74) is 1.43. The molecule has 5 heteroatoms. The molecule has 2 aliphatic rings. The zero-order valence-electron chi connectivity index (χ0n) is 10.4. The van der Waals surface area contributed by atoms with E-state index in [2.05, 4.69) is 15.4 Å². The Hall–Kier alpha value is -1.75. The van der Waals surface area contributed by atoms with Crippen molar-refractivity contribution < 1.29 is 4.79 Å². The molecule has 3 rings (SSSR count). The molecule has 0 aromatic carbocycles. The Kier molecular flexibility index (Phi) is 2.63. The lowest BCUT2D eigenvalue weighted by molar-refractivity contribution is -0.135. The lowest BCUT2D eigenvalue weighted by Crippen LogP contribution is -2.52. The van der Waals surface area contributed by atoms with Gasteiger partial charge in [-0.25, -0.2) is 5.01 Å². The van der Waals surface area contributed by atoms with Crippen molar-refractivity contribution in [3.8, 4) is 0 Å². The van der Waals surface area contributed by atoms with E-state index >= 15 is 0 Å². The maximum absolute atomic E-state index is 12.4. The first-order valence-electron chi connectivity index (χ1n) is 6.19. The molecule has 1 N–H and O–H groups in total. The van der Waals surface area contributed by atoms with E-state index in [0.717, 1.165) is 24.4 Å². The third-order valence-electron chi connectivity index (χ3n) is 3.70. The van der Waals surface area contributed by atoms with Crippen LogP contribution in [0.4, 0.5) is 0 Å². The molecule has 1 aromatic heterocycles. The molecule has 2 aliphatic heterocycles. The van der Waals surface area contributed by atoms with Crippen molar-refractivity contribution in [1.82, 2.24) is 15.3 Å². The third kappa shape index (κ3) is 1.62. The van der Waals surface area contributed by atoms with Crippen molar-refractivity contribution in [2.75, 3.05) is 20.1 Å². The summed E-state index contributed by atoms with van der Waals surface area (Å²) in [4.78, 5) is 16.7. The lowest BCUT2D eigenvalue weighted by Gasteiger charge is -2.32. The van der Waals surface area contributed by atoms with Crippen LogP contribution in [0.5, 0.6) is 0 Å². The van der Waals surface area contributed by atoms with E-state index in [9.17, 15) is 4.79 Å². The van der Waals surface area contributed by atoms with Gasteiger partial charge in [0.15, 0.2) is 0 Å². The van der Waals surface area contributed by atoms with E-state index in [1.165, 1.54) is 5.01 Å². The second-order valence-electron chi connectivity index (χ2n) is 4.88. The molecule has 0 bridgehead atoms. The van der Waals surface area contributed by atoms with Crippen LogP contribution in [0.15, 0.2) is 29.5 Å². The lowest BCUT2D eigenvalue weighted by atomic mass is 9.75. The predicted octanol–water partition coefficient (Wildman–Crippen LogP) is 0.432. The highest BCUT2D eigenvalue weighted by Crippen LogP contribution is 2.34. The largest absolute Gasteiger partial charge is 0.315 e. The van der Waals surface area contributed by atoms with E-state index in [4.69, 9.17) is 0 Å². The average Bonchev–Trinajstić information content (AvgIpc) is 2.64. The molecule has 0 aliphatic carbocycles. The number of aromatic nitrogens is 1. The molecule has 1 atom stereocenters. The minimum Gasteiger partial charge on any atom is -0.315 e. The van der Waals surface area contributed by atoms with Crippen molar-refractivity contribution in [2.45, 2.75) is 12.8 Å². The summed E-state index contributed by atoms with van der Waals surface area (Å²) in [6.45, 7) is 1.55. The summed E-state index contributed by atoms with van der Waals surface area (Å²) < 4.78 is 0. The van der Waals surface area contributed by atoms with Gasteiger partial charge in [0.25, 0.3) is 5.91 Å². The zero-order chi connectivity index (χ0) is 12.6. The first-order chi connectivity index (χ1) is 8.72. The predicted molar refractivity (Wildman–Crippen MR) is 68.1 cm³/mol. The van der Waals surface area contributed by atoms with Gasteiger partial charge in [-0.05, 0) is 12.1 Å². The van der Waals surface area contributed by atoms with Crippen LogP contribution in [-0.2, 0) is 11.2 Å². The Balaban J connectivity index is 1.96. The monoisotopic (exact) mass is 244 g/mol. The Morgan fingerprint density at radius 2 is 2.39 bits per heavy atom. The molecule has 1 saturated heterocycles. The van der Waals surface area contributed by atoms with Gasteiger partial charge in [0, 0.05) is 44.9 Å². The van der Waals surface area contributed by atoms with Gasteiger partial charge in [-0.15, -0.1) is 0 Å². The van der Waals surface area contributed by atoms with E-state index in [1.54, 1.807) is 13.2 Å². The van der Waals surface area contributed by atoms with Crippen LogP contribution < -0.4 is 5.32 Å². The van der Waals surface area contributed by atoms with Gasteiger partial charge >= 0.3 is 0 Å². The third-order valence-corrected chi connectivity index (χ3v) is 3.70. The Bertz CT molecular complexity index is 499. The van der Waals surface area contributed by atoms with E-state index in [0.29, 0.717) is 13.0 Å². The number of amides is 1. The van der Waals surface area contributed by atoms with Gasteiger partial charge in [0.05, 0.1) is 5.71 Å². The fraction of sp³-hybridized carbons (Fsp3) is 0.462. The number of nitrogens with one attached hydrogen (secondary N) is 1. The molecule has 0 unspecified atom stereocenters. The number of pyridine rings is 1. The van der Waals surface area contributed by atoms with Crippen LogP contribution >= 0.6 is 0 Å². The standard InChI is InChI=1S/C13H16N4O/c1-17-12(18)13(8-10-4-2-3-6-15-10)9-14-7-5-11(13)16-17/h2-4,6,14H,5,7-9H2,1H3/t13-/m1/s1. The zero-order valence-corrected chi connectivity index (χ0v) is 10.4. The molecule has 94 valence electrons. The number of hydrogen-bond acceptors (Lipinski definition) is 4. The first-order valence-corrected chi connectivity index (χ1v) is 6.19. The second kappa shape index (κ2) is 4.17. The quantitative estimate of drug-likeness (QED) is 0.821. The highest BCUT2D eigenvalue weighted by molar-refractivity contribution is 6.13. The fourth-order valence-electron chi connectivity index (χ4n) is 2.78. The van der Waals surface area contributed by atoms with Gasteiger partial charge in [-0.1, -0.05) is 6.07 Å². The number of nitrogens with zero attached hydrogens (tertiary/aromatic N) is 3. The summed E-state index contributed by atoms with van der Waals surface area (Å²) in [5, 5.41) is 9.18. The van der Waals surface area contributed by atoms with Crippen molar-refractivity contribution in [1.29, 1.82) is 0 Å². The Labute approximate surface area is 106 Å². The summed E-state index contributed by atoms with van der Waals surface area (Å²) >= 11 is 0. The van der Waals surface area contributed by atoms with Crippen molar-refractivity contribution >= 4 is 11.6 Å². The molecule has 0 saturated carbocycles. The van der Waals surface area contributed by atoms with Crippen LogP contribution in [0, 0.1) is 5.41 Å².